The summed E-state index contributed by atoms with van der Waals surface area (Å²) in [6.07, 6.45) is 0. The van der Waals surface area contributed by atoms with Crippen molar-refractivity contribution in [1.82, 2.24) is 10.3 Å². The van der Waals surface area contributed by atoms with Crippen molar-refractivity contribution in [1.29, 1.82) is 0 Å². The molecule has 0 saturated heterocycles. The van der Waals surface area contributed by atoms with Gasteiger partial charge in [-0.1, -0.05) is 11.6 Å². The Balaban J connectivity index is 1.78. The third-order valence-corrected chi connectivity index (χ3v) is 3.50. The van der Waals surface area contributed by atoms with E-state index in [-0.39, 0.29) is 30.0 Å². The van der Waals surface area contributed by atoms with Gasteiger partial charge in [0.25, 0.3) is 5.91 Å². The number of halogens is 3. The molecule has 4 nitrogen and oxygen atoms in total. The second kappa shape index (κ2) is 6.62. The van der Waals surface area contributed by atoms with Crippen LogP contribution >= 0.6 is 22.9 Å². The minimum atomic E-state index is -0.983. The van der Waals surface area contributed by atoms with E-state index in [1.165, 1.54) is 11.6 Å². The van der Waals surface area contributed by atoms with Crippen molar-refractivity contribution in [2.24, 2.45) is 0 Å². The molecule has 0 aliphatic heterocycles. The molecule has 0 saturated carbocycles. The van der Waals surface area contributed by atoms with Crippen molar-refractivity contribution in [2.45, 2.75) is 0 Å². The Kier molecular flexibility index (Phi) is 4.86. The number of aromatic nitrogens is 1. The number of rotatable bonds is 5. The molecule has 1 heterocycles. The Morgan fingerprint density at radius 2 is 2.20 bits per heavy atom. The maximum atomic E-state index is 12.9. The van der Waals surface area contributed by atoms with Crippen LogP contribution in [-0.4, -0.2) is 24.0 Å². The smallest absolute Gasteiger partial charge is 0.264 e. The highest BCUT2D eigenvalue weighted by molar-refractivity contribution is 7.12. The highest BCUT2D eigenvalue weighted by Crippen LogP contribution is 2.18. The van der Waals surface area contributed by atoms with Crippen molar-refractivity contribution in [3.63, 3.8) is 0 Å². The molecule has 0 atom stereocenters. The van der Waals surface area contributed by atoms with E-state index in [1.54, 1.807) is 0 Å². The molecule has 8 heteroatoms. The van der Waals surface area contributed by atoms with Gasteiger partial charge in [-0.15, -0.1) is 11.3 Å². The zero-order valence-electron chi connectivity index (χ0n) is 10.0. The minimum Gasteiger partial charge on any atom is -0.492 e. The number of carbonyl (C=O) groups is 1. The fraction of sp³-hybridized carbons (Fsp3) is 0.167. The van der Waals surface area contributed by atoms with Gasteiger partial charge in [0.2, 0.25) is 0 Å². The first kappa shape index (κ1) is 14.7. The molecule has 106 valence electrons. The number of benzene rings is 1. The summed E-state index contributed by atoms with van der Waals surface area (Å²) < 4.78 is 30.8. The lowest BCUT2D eigenvalue weighted by molar-refractivity contribution is 0.0951. The van der Waals surface area contributed by atoms with Crippen LogP contribution in [0.1, 0.15) is 9.67 Å². The minimum absolute atomic E-state index is 0.118. The van der Waals surface area contributed by atoms with Gasteiger partial charge in [-0.3, -0.25) is 4.79 Å². The number of hydrogen-bond donors (Lipinski definition) is 1. The number of carbonyl (C=O) groups excluding carboxylic acids is 1. The highest BCUT2D eigenvalue weighted by atomic mass is 35.5. The Hall–Kier alpha value is -1.73. The molecule has 1 amide bonds. The summed E-state index contributed by atoms with van der Waals surface area (Å²) in [5, 5.41) is 2.72. The molecular weight excluding hydrogens is 310 g/mol. The lowest BCUT2D eigenvalue weighted by Gasteiger charge is -2.07. The SMILES string of the molecule is O=C(NCCOc1ccc(F)c(F)c1)c1scnc1Cl. The third kappa shape index (κ3) is 3.64. The Labute approximate surface area is 122 Å². The maximum absolute atomic E-state index is 12.9. The molecule has 1 aromatic heterocycles. The number of thiazole rings is 1. The molecule has 0 unspecified atom stereocenters. The second-order valence-electron chi connectivity index (χ2n) is 3.65. The van der Waals surface area contributed by atoms with E-state index in [0.717, 1.165) is 23.5 Å². The van der Waals surface area contributed by atoms with Gasteiger partial charge in [0, 0.05) is 6.07 Å². The molecule has 0 aliphatic carbocycles. The number of hydrogen-bond acceptors (Lipinski definition) is 4. The van der Waals surface area contributed by atoms with Gasteiger partial charge >= 0.3 is 0 Å². The Morgan fingerprint density at radius 1 is 1.40 bits per heavy atom. The first-order valence-electron chi connectivity index (χ1n) is 5.53. The zero-order valence-corrected chi connectivity index (χ0v) is 11.6. The summed E-state index contributed by atoms with van der Waals surface area (Å²) in [5.74, 6) is -2.09. The second-order valence-corrected chi connectivity index (χ2v) is 4.87. The zero-order chi connectivity index (χ0) is 14.5. The van der Waals surface area contributed by atoms with Gasteiger partial charge in [0.05, 0.1) is 12.1 Å². The van der Waals surface area contributed by atoms with Crippen LogP contribution in [0, 0.1) is 11.6 Å². The fourth-order valence-electron chi connectivity index (χ4n) is 1.36. The van der Waals surface area contributed by atoms with Crippen molar-refractivity contribution in [3.8, 4) is 5.75 Å². The van der Waals surface area contributed by atoms with Gasteiger partial charge in [-0.2, -0.15) is 0 Å². The van der Waals surface area contributed by atoms with Crippen LogP contribution in [0.3, 0.4) is 0 Å². The van der Waals surface area contributed by atoms with Gasteiger partial charge in [-0.05, 0) is 12.1 Å². The van der Waals surface area contributed by atoms with E-state index in [1.807, 2.05) is 0 Å². The van der Waals surface area contributed by atoms with E-state index in [0.29, 0.717) is 4.88 Å². The summed E-state index contributed by atoms with van der Waals surface area (Å²) in [6.45, 7) is 0.319. The van der Waals surface area contributed by atoms with Crippen molar-refractivity contribution in [3.05, 3.63) is 45.4 Å². The first-order chi connectivity index (χ1) is 9.58. The van der Waals surface area contributed by atoms with E-state index in [9.17, 15) is 13.6 Å². The van der Waals surface area contributed by atoms with E-state index in [2.05, 4.69) is 10.3 Å². The van der Waals surface area contributed by atoms with Gasteiger partial charge in [-0.25, -0.2) is 13.8 Å². The van der Waals surface area contributed by atoms with Crippen LogP contribution in [0.4, 0.5) is 8.78 Å². The summed E-state index contributed by atoms with van der Waals surface area (Å²) in [5.41, 5.74) is 1.47. The first-order valence-corrected chi connectivity index (χ1v) is 6.78. The van der Waals surface area contributed by atoms with Gasteiger partial charge in [0.1, 0.15) is 17.2 Å². The third-order valence-electron chi connectivity index (χ3n) is 2.28. The molecule has 0 spiro atoms. The van der Waals surface area contributed by atoms with Crippen LogP contribution in [0.15, 0.2) is 23.7 Å². The molecule has 20 heavy (non-hydrogen) atoms. The van der Waals surface area contributed by atoms with Gasteiger partial charge < -0.3 is 10.1 Å². The standard InChI is InChI=1S/C12H9ClF2N2O2S/c13-11-10(20-6-17-11)12(18)16-3-4-19-7-1-2-8(14)9(15)5-7/h1-2,5-6H,3-4H2,(H,16,18). The number of ether oxygens (including phenoxy) is 1. The topological polar surface area (TPSA) is 51.2 Å². The molecular formula is C12H9ClF2N2O2S. The van der Waals surface area contributed by atoms with Crippen molar-refractivity contribution < 1.29 is 18.3 Å². The summed E-state index contributed by atoms with van der Waals surface area (Å²) in [4.78, 5) is 15.7. The average molecular weight is 319 g/mol. The van der Waals surface area contributed by atoms with E-state index in [4.69, 9.17) is 16.3 Å². The van der Waals surface area contributed by atoms with E-state index < -0.39 is 11.6 Å². The molecule has 0 fully saturated rings. The van der Waals surface area contributed by atoms with Crippen molar-refractivity contribution >= 4 is 28.8 Å². The predicted octanol–water partition coefficient (Wildman–Crippen LogP) is 2.88. The Morgan fingerprint density at radius 3 is 2.85 bits per heavy atom. The van der Waals surface area contributed by atoms with Crippen LogP contribution in [0.25, 0.3) is 0 Å². The fourth-order valence-corrected chi connectivity index (χ4v) is 2.28. The molecule has 0 bridgehead atoms. The monoisotopic (exact) mass is 318 g/mol. The summed E-state index contributed by atoms with van der Waals surface area (Å²) >= 11 is 6.83. The molecule has 2 rings (SSSR count). The van der Waals surface area contributed by atoms with Gasteiger partial charge in [0.15, 0.2) is 16.8 Å². The molecule has 0 radical (unpaired) electrons. The normalized spacial score (nSPS) is 10.3. The largest absolute Gasteiger partial charge is 0.492 e. The molecule has 1 N–H and O–H groups in total. The van der Waals surface area contributed by atoms with Crippen LogP contribution in [0.2, 0.25) is 5.15 Å². The molecule has 2 aromatic rings. The maximum Gasteiger partial charge on any atom is 0.264 e. The average Bonchev–Trinajstić information content (AvgIpc) is 2.85. The van der Waals surface area contributed by atoms with Crippen LogP contribution < -0.4 is 10.1 Å². The lowest BCUT2D eigenvalue weighted by atomic mass is 10.3. The van der Waals surface area contributed by atoms with E-state index >= 15 is 0 Å². The van der Waals surface area contributed by atoms with Crippen molar-refractivity contribution in [2.75, 3.05) is 13.2 Å². The lowest BCUT2D eigenvalue weighted by Crippen LogP contribution is -2.27. The summed E-state index contributed by atoms with van der Waals surface area (Å²) in [7, 11) is 0. The van der Waals surface area contributed by atoms with Crippen LogP contribution in [-0.2, 0) is 0 Å². The Bertz CT molecular complexity index is 621. The number of nitrogens with zero attached hydrogens (tertiary/aromatic N) is 1. The quantitative estimate of drug-likeness (QED) is 0.862. The number of amides is 1. The molecule has 0 aliphatic rings. The summed E-state index contributed by atoms with van der Waals surface area (Å²) in [6, 6.07) is 3.22. The predicted molar refractivity (Wildman–Crippen MR) is 71.3 cm³/mol. The highest BCUT2D eigenvalue weighted by Gasteiger charge is 2.12. The van der Waals surface area contributed by atoms with Crippen LogP contribution in [0.5, 0.6) is 5.75 Å². The number of nitrogens with one attached hydrogen (secondary N) is 1. The molecule has 1 aromatic carbocycles.